The summed E-state index contributed by atoms with van der Waals surface area (Å²) >= 11 is 5.75. The zero-order valence-corrected chi connectivity index (χ0v) is 7.56. The van der Waals surface area contributed by atoms with Crippen LogP contribution in [0.25, 0.3) is 0 Å². The Morgan fingerprint density at radius 1 is 1.60 bits per heavy atom. The first kappa shape index (κ1) is 8.35. The van der Waals surface area contributed by atoms with Crippen LogP contribution in [-0.4, -0.2) is 29.9 Å². The van der Waals surface area contributed by atoms with Crippen LogP contribution in [0, 0.1) is 5.92 Å². The SMILES string of the molecule is CC(C)N1CCC(CCl)C1. The molecule has 1 fully saturated rings. The van der Waals surface area contributed by atoms with Crippen LogP contribution in [0.2, 0.25) is 0 Å². The van der Waals surface area contributed by atoms with Crippen LogP contribution in [0.3, 0.4) is 0 Å². The molecule has 0 aromatic heterocycles. The minimum atomic E-state index is 0.702. The van der Waals surface area contributed by atoms with Crippen molar-refractivity contribution in [1.82, 2.24) is 4.90 Å². The molecule has 0 radical (unpaired) electrons. The molecule has 60 valence electrons. The number of hydrogen-bond donors (Lipinski definition) is 0. The predicted molar refractivity (Wildman–Crippen MR) is 45.5 cm³/mol. The van der Waals surface area contributed by atoms with Crippen LogP contribution in [0.5, 0.6) is 0 Å². The Labute approximate surface area is 68.4 Å². The molecule has 0 spiro atoms. The van der Waals surface area contributed by atoms with Gasteiger partial charge in [-0.25, -0.2) is 0 Å². The van der Waals surface area contributed by atoms with E-state index in [1.54, 1.807) is 0 Å². The van der Waals surface area contributed by atoms with Crippen LogP contribution in [0.15, 0.2) is 0 Å². The van der Waals surface area contributed by atoms with E-state index >= 15 is 0 Å². The van der Waals surface area contributed by atoms with Gasteiger partial charge in [0.1, 0.15) is 0 Å². The fourth-order valence-electron chi connectivity index (χ4n) is 1.46. The van der Waals surface area contributed by atoms with Gasteiger partial charge >= 0.3 is 0 Å². The lowest BCUT2D eigenvalue weighted by molar-refractivity contribution is 0.268. The Morgan fingerprint density at radius 3 is 2.60 bits per heavy atom. The summed E-state index contributed by atoms with van der Waals surface area (Å²) < 4.78 is 0. The minimum Gasteiger partial charge on any atom is -0.301 e. The molecule has 0 aliphatic carbocycles. The third kappa shape index (κ3) is 1.86. The van der Waals surface area contributed by atoms with Crippen molar-refractivity contribution in [3.63, 3.8) is 0 Å². The quantitative estimate of drug-likeness (QED) is 0.560. The van der Waals surface area contributed by atoms with Crippen molar-refractivity contribution in [2.45, 2.75) is 26.3 Å². The van der Waals surface area contributed by atoms with Gasteiger partial charge in [-0.15, -0.1) is 11.6 Å². The summed E-state index contributed by atoms with van der Waals surface area (Å²) in [7, 11) is 0. The second-order valence-corrected chi connectivity index (χ2v) is 3.71. The summed E-state index contributed by atoms with van der Waals surface area (Å²) in [5, 5.41) is 0. The van der Waals surface area contributed by atoms with Gasteiger partial charge in [0, 0.05) is 18.5 Å². The van der Waals surface area contributed by atoms with Crippen LogP contribution in [0.1, 0.15) is 20.3 Å². The van der Waals surface area contributed by atoms with Gasteiger partial charge in [-0.3, -0.25) is 0 Å². The highest BCUT2D eigenvalue weighted by Gasteiger charge is 2.22. The fourth-order valence-corrected chi connectivity index (χ4v) is 1.71. The highest BCUT2D eigenvalue weighted by molar-refractivity contribution is 6.18. The first-order valence-electron chi connectivity index (χ1n) is 4.04. The molecule has 0 N–H and O–H groups in total. The van der Waals surface area contributed by atoms with Crippen molar-refractivity contribution in [1.29, 1.82) is 0 Å². The first-order chi connectivity index (χ1) is 4.74. The molecule has 1 saturated heterocycles. The molecular weight excluding hydrogens is 146 g/mol. The van der Waals surface area contributed by atoms with Gasteiger partial charge in [0.15, 0.2) is 0 Å². The second-order valence-electron chi connectivity index (χ2n) is 3.40. The third-order valence-corrected chi connectivity index (χ3v) is 2.70. The number of alkyl halides is 1. The fraction of sp³-hybridized carbons (Fsp3) is 1.00. The molecule has 0 saturated carbocycles. The Kier molecular flexibility index (Phi) is 2.99. The Balaban J connectivity index is 2.28. The highest BCUT2D eigenvalue weighted by Crippen LogP contribution is 2.18. The number of rotatable bonds is 2. The maximum atomic E-state index is 5.75. The first-order valence-corrected chi connectivity index (χ1v) is 4.57. The molecule has 1 nitrogen and oxygen atoms in total. The number of halogens is 1. The van der Waals surface area contributed by atoms with Crippen molar-refractivity contribution >= 4 is 11.6 Å². The standard InChI is InChI=1S/C8H16ClN/c1-7(2)10-4-3-8(5-9)6-10/h7-8H,3-6H2,1-2H3. The molecule has 2 heteroatoms. The molecule has 1 aliphatic rings. The van der Waals surface area contributed by atoms with Crippen LogP contribution >= 0.6 is 11.6 Å². The van der Waals surface area contributed by atoms with Crippen LogP contribution in [-0.2, 0) is 0 Å². The zero-order valence-electron chi connectivity index (χ0n) is 6.81. The van der Waals surface area contributed by atoms with E-state index in [0.29, 0.717) is 6.04 Å². The number of nitrogens with zero attached hydrogens (tertiary/aromatic N) is 1. The molecular formula is C8H16ClN. The van der Waals surface area contributed by atoms with Crippen molar-refractivity contribution in [3.8, 4) is 0 Å². The van der Waals surface area contributed by atoms with Crippen LogP contribution < -0.4 is 0 Å². The molecule has 0 bridgehead atoms. The van der Waals surface area contributed by atoms with Gasteiger partial charge in [0.25, 0.3) is 0 Å². The molecule has 10 heavy (non-hydrogen) atoms. The van der Waals surface area contributed by atoms with Gasteiger partial charge < -0.3 is 4.90 Å². The van der Waals surface area contributed by atoms with Gasteiger partial charge in [-0.05, 0) is 32.7 Å². The third-order valence-electron chi connectivity index (χ3n) is 2.27. The number of hydrogen-bond acceptors (Lipinski definition) is 1. The van der Waals surface area contributed by atoms with Crippen LogP contribution in [0.4, 0.5) is 0 Å². The predicted octanol–water partition coefficient (Wildman–Crippen LogP) is 1.96. The molecule has 1 rings (SSSR count). The molecule has 0 aromatic carbocycles. The van der Waals surface area contributed by atoms with E-state index in [0.717, 1.165) is 11.8 Å². The van der Waals surface area contributed by atoms with Gasteiger partial charge in [-0.1, -0.05) is 0 Å². The van der Waals surface area contributed by atoms with E-state index in [1.807, 2.05) is 0 Å². The molecule has 1 atom stereocenters. The lowest BCUT2D eigenvalue weighted by Crippen LogP contribution is -2.28. The Hall–Kier alpha value is 0.250. The molecule has 1 heterocycles. The monoisotopic (exact) mass is 161 g/mol. The van der Waals surface area contributed by atoms with E-state index in [4.69, 9.17) is 11.6 Å². The van der Waals surface area contributed by atoms with Gasteiger partial charge in [-0.2, -0.15) is 0 Å². The Morgan fingerprint density at radius 2 is 2.30 bits per heavy atom. The largest absolute Gasteiger partial charge is 0.301 e. The maximum absolute atomic E-state index is 5.75. The smallest absolute Gasteiger partial charge is 0.0264 e. The van der Waals surface area contributed by atoms with E-state index in [9.17, 15) is 0 Å². The second kappa shape index (κ2) is 3.59. The molecule has 1 unspecified atom stereocenters. The Bertz CT molecular complexity index is 103. The molecule has 0 aromatic rings. The van der Waals surface area contributed by atoms with E-state index in [2.05, 4.69) is 18.7 Å². The van der Waals surface area contributed by atoms with Crippen molar-refractivity contribution < 1.29 is 0 Å². The van der Waals surface area contributed by atoms with E-state index in [1.165, 1.54) is 19.5 Å². The number of likely N-dealkylation sites (tertiary alicyclic amines) is 1. The summed E-state index contributed by atoms with van der Waals surface area (Å²) in [6.45, 7) is 6.95. The minimum absolute atomic E-state index is 0.702. The van der Waals surface area contributed by atoms with E-state index < -0.39 is 0 Å². The average molecular weight is 162 g/mol. The summed E-state index contributed by atoms with van der Waals surface area (Å²) in [5.74, 6) is 1.59. The molecule has 0 amide bonds. The summed E-state index contributed by atoms with van der Waals surface area (Å²) in [4.78, 5) is 2.49. The van der Waals surface area contributed by atoms with Crippen molar-refractivity contribution in [2.24, 2.45) is 5.92 Å². The summed E-state index contributed by atoms with van der Waals surface area (Å²) in [6.07, 6.45) is 1.29. The van der Waals surface area contributed by atoms with Crippen molar-refractivity contribution in [2.75, 3.05) is 19.0 Å². The lowest BCUT2D eigenvalue weighted by atomic mass is 10.2. The van der Waals surface area contributed by atoms with Gasteiger partial charge in [0.2, 0.25) is 0 Å². The maximum Gasteiger partial charge on any atom is 0.0264 e. The molecule has 1 aliphatic heterocycles. The average Bonchev–Trinajstić information content (AvgIpc) is 2.34. The summed E-state index contributed by atoms with van der Waals surface area (Å²) in [5.41, 5.74) is 0. The summed E-state index contributed by atoms with van der Waals surface area (Å²) in [6, 6.07) is 0.702. The normalized spacial score (nSPS) is 28.2. The lowest BCUT2D eigenvalue weighted by Gasteiger charge is -2.19. The zero-order chi connectivity index (χ0) is 7.56. The highest BCUT2D eigenvalue weighted by atomic mass is 35.5. The van der Waals surface area contributed by atoms with E-state index in [-0.39, 0.29) is 0 Å². The topological polar surface area (TPSA) is 3.24 Å². The van der Waals surface area contributed by atoms with Crippen molar-refractivity contribution in [3.05, 3.63) is 0 Å². The van der Waals surface area contributed by atoms with Gasteiger partial charge in [0.05, 0.1) is 0 Å².